The molecule has 0 aliphatic heterocycles. The van der Waals surface area contributed by atoms with Gasteiger partial charge in [-0.3, -0.25) is 5.43 Å². The van der Waals surface area contributed by atoms with Crippen LogP contribution < -0.4 is 5.43 Å². The van der Waals surface area contributed by atoms with Crippen LogP contribution in [0.25, 0.3) is 0 Å². The molecule has 0 radical (unpaired) electrons. The zero-order valence-electron chi connectivity index (χ0n) is 20.3. The Hall–Kier alpha value is -3.07. The van der Waals surface area contributed by atoms with E-state index in [1.165, 1.54) is 18.2 Å². The van der Waals surface area contributed by atoms with Gasteiger partial charge < -0.3 is 5.11 Å². The lowest BCUT2D eigenvalue weighted by Crippen LogP contribution is -2.17. The molecule has 0 atom stereocenters. The van der Waals surface area contributed by atoms with E-state index in [0.717, 1.165) is 6.21 Å². The number of nitrogens with zero attached hydrogens (tertiary/aromatic N) is 2. The summed E-state index contributed by atoms with van der Waals surface area (Å²) in [6.07, 6.45) is 1.08. The molecule has 0 saturated heterocycles. The van der Waals surface area contributed by atoms with Gasteiger partial charge in [-0.05, 0) is 29.0 Å². The minimum Gasteiger partial charge on any atom is -0.507 e. The van der Waals surface area contributed by atoms with Gasteiger partial charge in [0, 0.05) is 21.6 Å². The van der Waals surface area contributed by atoms with E-state index in [4.69, 9.17) is 0 Å². The van der Waals surface area contributed by atoms with Gasteiger partial charge in [-0.25, -0.2) is 13.2 Å². The molecule has 0 saturated carbocycles. The van der Waals surface area contributed by atoms with Crippen LogP contribution in [0.3, 0.4) is 0 Å². The summed E-state index contributed by atoms with van der Waals surface area (Å²) >= 11 is 0.678. The smallest absolute Gasteiger partial charge is 0.252 e. The molecule has 35 heavy (non-hydrogen) atoms. The number of aromatic hydroxyl groups is 1. The van der Waals surface area contributed by atoms with Crippen LogP contribution in [-0.2, 0) is 10.8 Å². The first-order valence-corrected chi connectivity index (χ1v) is 11.7. The minimum atomic E-state index is -1.51. The van der Waals surface area contributed by atoms with Gasteiger partial charge in [0.05, 0.1) is 11.1 Å². The van der Waals surface area contributed by atoms with Crippen molar-refractivity contribution >= 4 is 23.8 Å². The summed E-state index contributed by atoms with van der Waals surface area (Å²) in [4.78, 5) is 3.07. The maximum atomic E-state index is 15.2. The summed E-state index contributed by atoms with van der Waals surface area (Å²) in [7, 11) is 0. The molecule has 1 aromatic heterocycles. The monoisotopic (exact) mass is 505 g/mol. The van der Waals surface area contributed by atoms with Gasteiger partial charge >= 0.3 is 0 Å². The first-order chi connectivity index (χ1) is 16.2. The summed E-state index contributed by atoms with van der Waals surface area (Å²) < 4.78 is 57.9. The van der Waals surface area contributed by atoms with Crippen molar-refractivity contribution in [3.8, 4) is 5.75 Å². The third kappa shape index (κ3) is 5.96. The Morgan fingerprint density at radius 2 is 1.49 bits per heavy atom. The lowest BCUT2D eigenvalue weighted by atomic mass is 9.79. The molecule has 3 rings (SSSR count). The fourth-order valence-corrected chi connectivity index (χ4v) is 4.28. The number of phenols is 1. The van der Waals surface area contributed by atoms with Crippen LogP contribution in [0.4, 0.5) is 23.4 Å². The molecule has 0 aliphatic rings. The summed E-state index contributed by atoms with van der Waals surface area (Å²) in [5.74, 6) is -5.19. The molecule has 9 heteroatoms. The Bertz CT molecular complexity index is 1250. The number of rotatable bonds is 5. The zero-order valence-corrected chi connectivity index (χ0v) is 21.1. The Morgan fingerprint density at radius 3 is 2.03 bits per heavy atom. The Morgan fingerprint density at radius 1 is 0.914 bits per heavy atom. The lowest BCUT2D eigenvalue weighted by Gasteiger charge is -2.28. The van der Waals surface area contributed by atoms with Crippen LogP contribution in [-0.4, -0.2) is 16.3 Å². The van der Waals surface area contributed by atoms with Crippen molar-refractivity contribution in [2.75, 3.05) is 5.43 Å². The summed E-state index contributed by atoms with van der Waals surface area (Å²) in [5.41, 5.74) is 2.60. The van der Waals surface area contributed by atoms with Crippen LogP contribution >= 0.6 is 11.8 Å². The van der Waals surface area contributed by atoms with Crippen molar-refractivity contribution < 1.29 is 22.7 Å². The lowest BCUT2D eigenvalue weighted by molar-refractivity contribution is 0.422. The molecule has 4 nitrogen and oxygen atoms in total. The molecule has 1 heterocycles. The normalized spacial score (nSPS) is 12.4. The van der Waals surface area contributed by atoms with E-state index < -0.39 is 44.9 Å². The van der Waals surface area contributed by atoms with Crippen molar-refractivity contribution in [3.63, 3.8) is 0 Å². The molecule has 0 aliphatic carbocycles. The number of hydrazone groups is 1. The van der Waals surface area contributed by atoms with E-state index in [1.54, 1.807) is 18.2 Å². The largest absolute Gasteiger partial charge is 0.507 e. The second kappa shape index (κ2) is 9.89. The molecular weight excluding hydrogens is 478 g/mol. The van der Waals surface area contributed by atoms with Crippen LogP contribution in [0.5, 0.6) is 5.75 Å². The van der Waals surface area contributed by atoms with Gasteiger partial charge in [0.1, 0.15) is 11.6 Å². The van der Waals surface area contributed by atoms with Crippen molar-refractivity contribution in [2.24, 2.45) is 5.10 Å². The average molecular weight is 506 g/mol. The van der Waals surface area contributed by atoms with E-state index >= 15 is 4.39 Å². The maximum Gasteiger partial charge on any atom is 0.252 e. The number of pyridine rings is 1. The number of phenolic OH excluding ortho intramolecular Hbond substituents is 1. The van der Waals surface area contributed by atoms with Crippen molar-refractivity contribution in [1.29, 1.82) is 0 Å². The number of nitrogens with one attached hydrogen (secondary N) is 1. The highest BCUT2D eigenvalue weighted by atomic mass is 32.2. The van der Waals surface area contributed by atoms with Gasteiger partial charge in [0.2, 0.25) is 0 Å². The highest BCUT2D eigenvalue weighted by Crippen LogP contribution is 2.44. The maximum absolute atomic E-state index is 15.2. The fourth-order valence-electron chi connectivity index (χ4n) is 3.33. The highest BCUT2D eigenvalue weighted by Gasteiger charge is 2.28. The number of halogens is 4. The van der Waals surface area contributed by atoms with Crippen LogP contribution in [0.2, 0.25) is 0 Å². The SMILES string of the molecule is CC(C)(C)c1cc(Sc2c(F)c(F)nc(N/N=C\c3ccccc3F)c2F)cc(C(C)(C)C)c1O. The number of aromatic nitrogens is 1. The topological polar surface area (TPSA) is 57.5 Å². The molecule has 186 valence electrons. The standard InChI is InChI=1S/C26H27F4N3OS/c1-25(2,3)16-11-15(12-17(21(16)34)26(4,5)6)35-22-19(28)23(30)32-24(20(22)29)33-31-13-14-9-7-8-10-18(14)27/h7-13,34H,1-6H3,(H,32,33)/b31-13-. The third-order valence-corrected chi connectivity index (χ3v) is 6.23. The molecule has 3 aromatic rings. The quantitative estimate of drug-likeness (QED) is 0.163. The average Bonchev–Trinajstić information content (AvgIpc) is 2.75. The molecule has 0 spiro atoms. The minimum absolute atomic E-state index is 0.112. The number of benzene rings is 2. The van der Waals surface area contributed by atoms with E-state index in [0.29, 0.717) is 27.8 Å². The van der Waals surface area contributed by atoms with Crippen LogP contribution in [0, 0.1) is 23.4 Å². The first-order valence-electron chi connectivity index (χ1n) is 10.8. The number of hydrogen-bond acceptors (Lipinski definition) is 5. The predicted molar refractivity (Wildman–Crippen MR) is 131 cm³/mol. The number of hydrogen-bond donors (Lipinski definition) is 2. The molecule has 0 bridgehead atoms. The van der Waals surface area contributed by atoms with Crippen LogP contribution in [0.1, 0.15) is 58.2 Å². The summed E-state index contributed by atoms with van der Waals surface area (Å²) in [6.45, 7) is 11.5. The summed E-state index contributed by atoms with van der Waals surface area (Å²) in [5, 5.41) is 14.6. The highest BCUT2D eigenvalue weighted by molar-refractivity contribution is 7.99. The molecule has 0 amide bonds. The Balaban J connectivity index is 2.03. The van der Waals surface area contributed by atoms with Crippen LogP contribution in [0.15, 0.2) is 51.3 Å². The first kappa shape index (κ1) is 26.5. The molecule has 0 fully saturated rings. The molecular formula is C26H27F4N3OS. The predicted octanol–water partition coefficient (Wildman–Crippen LogP) is 7.54. The zero-order chi connectivity index (χ0) is 26.1. The molecule has 0 unspecified atom stereocenters. The fraction of sp³-hybridized carbons (Fsp3) is 0.308. The van der Waals surface area contributed by atoms with Gasteiger partial charge in [0.15, 0.2) is 17.5 Å². The van der Waals surface area contributed by atoms with E-state index in [1.807, 2.05) is 41.5 Å². The van der Waals surface area contributed by atoms with E-state index in [9.17, 15) is 18.3 Å². The number of anilines is 1. The van der Waals surface area contributed by atoms with Gasteiger partial charge in [-0.15, -0.1) is 0 Å². The second-order valence-corrected chi connectivity index (χ2v) is 11.2. The van der Waals surface area contributed by atoms with Crippen molar-refractivity contribution in [1.82, 2.24) is 4.98 Å². The van der Waals surface area contributed by atoms with E-state index in [-0.39, 0.29) is 11.3 Å². The van der Waals surface area contributed by atoms with Gasteiger partial charge in [-0.1, -0.05) is 71.5 Å². The van der Waals surface area contributed by atoms with Crippen molar-refractivity contribution in [3.05, 3.63) is 76.5 Å². The second-order valence-electron chi connectivity index (χ2n) is 10.1. The van der Waals surface area contributed by atoms with Gasteiger partial charge in [-0.2, -0.15) is 14.5 Å². The van der Waals surface area contributed by atoms with Crippen molar-refractivity contribution in [2.45, 2.75) is 62.2 Å². The van der Waals surface area contributed by atoms with Gasteiger partial charge in [0.25, 0.3) is 5.95 Å². The molecule has 2 aromatic carbocycles. The Labute approximate surface area is 206 Å². The molecule has 2 N–H and O–H groups in total. The summed E-state index contributed by atoms with van der Waals surface area (Å²) in [6, 6.07) is 9.03. The Kier molecular flexibility index (Phi) is 7.50. The third-order valence-electron chi connectivity index (χ3n) is 5.20. The van der Waals surface area contributed by atoms with E-state index in [2.05, 4.69) is 15.5 Å².